The van der Waals surface area contributed by atoms with Gasteiger partial charge >= 0.3 is 0 Å². The van der Waals surface area contributed by atoms with Crippen molar-refractivity contribution in [2.75, 3.05) is 0 Å². The van der Waals surface area contributed by atoms with Crippen molar-refractivity contribution in [1.82, 2.24) is 14.5 Å². The zero-order valence-electron chi connectivity index (χ0n) is 24.7. The van der Waals surface area contributed by atoms with E-state index < -0.39 is 0 Å². The van der Waals surface area contributed by atoms with Crippen LogP contribution in [0.2, 0.25) is 0 Å². The number of hydrogen-bond acceptors (Lipinski definition) is 3. The fourth-order valence-electron chi connectivity index (χ4n) is 6.94. The molecule has 4 nitrogen and oxygen atoms in total. The molecule has 46 heavy (non-hydrogen) atoms. The number of nitrogens with zero attached hydrogens (tertiary/aromatic N) is 3. The average molecular weight is 588 g/mol. The fraction of sp³-hybridized carbons (Fsp3) is 0. The third-order valence-corrected chi connectivity index (χ3v) is 9.15. The number of furan rings is 1. The molecule has 0 bridgehead atoms. The third kappa shape index (κ3) is 3.74. The molecule has 10 rings (SSSR count). The molecular formula is C42H25N3O. The first-order valence-electron chi connectivity index (χ1n) is 15.5. The van der Waals surface area contributed by atoms with E-state index in [2.05, 4.69) is 126 Å². The molecule has 0 fully saturated rings. The lowest BCUT2D eigenvalue weighted by molar-refractivity contribution is 0.653. The number of rotatable bonds is 3. The molecule has 0 unspecified atom stereocenters. The van der Waals surface area contributed by atoms with Crippen LogP contribution in [-0.2, 0) is 0 Å². The highest BCUT2D eigenvalue weighted by molar-refractivity contribution is 6.17. The predicted molar refractivity (Wildman–Crippen MR) is 190 cm³/mol. The van der Waals surface area contributed by atoms with Crippen molar-refractivity contribution in [3.63, 3.8) is 0 Å². The number of fused-ring (bicyclic) bond motifs is 8. The summed E-state index contributed by atoms with van der Waals surface area (Å²) in [5, 5.41) is 8.09. The van der Waals surface area contributed by atoms with Gasteiger partial charge in [-0.25, -0.2) is 9.97 Å². The van der Waals surface area contributed by atoms with Crippen LogP contribution in [0, 0.1) is 0 Å². The first kappa shape index (κ1) is 25.1. The summed E-state index contributed by atoms with van der Waals surface area (Å²) in [7, 11) is 0. The Hall–Kier alpha value is -6.26. The Kier molecular flexibility index (Phi) is 5.25. The Morgan fingerprint density at radius 2 is 0.978 bits per heavy atom. The van der Waals surface area contributed by atoms with Crippen LogP contribution in [0.4, 0.5) is 0 Å². The second kappa shape index (κ2) is 9.62. The summed E-state index contributed by atoms with van der Waals surface area (Å²) in [6, 6.07) is 53.3. The molecule has 0 saturated heterocycles. The molecule has 4 heteroatoms. The molecular weight excluding hydrogens is 562 g/mol. The molecule has 0 spiro atoms. The van der Waals surface area contributed by atoms with Crippen molar-refractivity contribution >= 4 is 65.6 Å². The average Bonchev–Trinajstić information content (AvgIpc) is 3.63. The van der Waals surface area contributed by atoms with Crippen LogP contribution in [-0.4, -0.2) is 14.5 Å². The molecule has 0 atom stereocenters. The van der Waals surface area contributed by atoms with Gasteiger partial charge < -0.3 is 4.42 Å². The van der Waals surface area contributed by atoms with Crippen LogP contribution in [0.25, 0.3) is 93.8 Å². The molecule has 0 saturated carbocycles. The molecule has 0 radical (unpaired) electrons. The Labute approximate surface area is 263 Å². The van der Waals surface area contributed by atoms with Crippen molar-refractivity contribution in [2.24, 2.45) is 0 Å². The van der Waals surface area contributed by atoms with Crippen molar-refractivity contribution in [3.05, 3.63) is 152 Å². The maximum atomic E-state index is 6.39. The Bertz CT molecular complexity index is 2700. The van der Waals surface area contributed by atoms with Gasteiger partial charge in [-0.3, -0.25) is 4.57 Å². The largest absolute Gasteiger partial charge is 0.436 e. The SMILES string of the molecule is c1ccc(-c2ccc3oc4nc(-c5ccccc5)c(-n5c6cc7ccccc7cc6c6cc7ccccc7cc65)nc4c3c2)cc1. The molecule has 10 aromatic rings. The molecule has 0 aliphatic heterocycles. The summed E-state index contributed by atoms with van der Waals surface area (Å²) >= 11 is 0. The summed E-state index contributed by atoms with van der Waals surface area (Å²) in [5.74, 6) is 0.775. The van der Waals surface area contributed by atoms with E-state index in [-0.39, 0.29) is 0 Å². The van der Waals surface area contributed by atoms with E-state index in [1.807, 2.05) is 30.3 Å². The molecule has 0 aliphatic rings. The zero-order valence-corrected chi connectivity index (χ0v) is 24.7. The number of benzene rings is 7. The van der Waals surface area contributed by atoms with Crippen LogP contribution < -0.4 is 0 Å². The maximum absolute atomic E-state index is 6.39. The predicted octanol–water partition coefficient (Wildman–Crippen LogP) is 11.1. The quantitative estimate of drug-likeness (QED) is 0.207. The lowest BCUT2D eigenvalue weighted by atomic mass is 10.0. The van der Waals surface area contributed by atoms with E-state index in [1.54, 1.807) is 0 Å². The second-order valence-corrected chi connectivity index (χ2v) is 11.9. The van der Waals surface area contributed by atoms with E-state index in [1.165, 1.54) is 32.3 Å². The molecule has 7 aromatic carbocycles. The summed E-state index contributed by atoms with van der Waals surface area (Å²) in [5.41, 5.74) is 8.24. The molecule has 0 amide bonds. The Morgan fingerprint density at radius 1 is 0.435 bits per heavy atom. The number of hydrogen-bond donors (Lipinski definition) is 0. The van der Waals surface area contributed by atoms with Gasteiger partial charge in [0.2, 0.25) is 5.71 Å². The molecule has 3 aromatic heterocycles. The lowest BCUT2D eigenvalue weighted by Crippen LogP contribution is -2.03. The van der Waals surface area contributed by atoms with Gasteiger partial charge in [0.15, 0.2) is 5.82 Å². The Balaban J connectivity index is 1.36. The standard InChI is InChI=1S/C42H25N3O/c1-3-11-26(12-4-1)32-19-20-38-35(23-32)40-42(46-38)44-39(27-13-5-2-6-14-27)41(43-40)45-36-24-30-17-9-7-15-28(30)21-33(36)34-22-29-16-8-10-18-31(29)25-37(34)45/h1-25H. The fourth-order valence-corrected chi connectivity index (χ4v) is 6.94. The monoisotopic (exact) mass is 587 g/mol. The van der Waals surface area contributed by atoms with Gasteiger partial charge in [0.1, 0.15) is 16.8 Å². The van der Waals surface area contributed by atoms with Gasteiger partial charge in [0, 0.05) is 21.7 Å². The third-order valence-electron chi connectivity index (χ3n) is 9.15. The topological polar surface area (TPSA) is 43.9 Å². The molecule has 0 N–H and O–H groups in total. The second-order valence-electron chi connectivity index (χ2n) is 11.9. The first-order valence-corrected chi connectivity index (χ1v) is 15.5. The van der Waals surface area contributed by atoms with Crippen LogP contribution in [0.3, 0.4) is 0 Å². The number of aromatic nitrogens is 3. The van der Waals surface area contributed by atoms with Crippen molar-refractivity contribution in [2.45, 2.75) is 0 Å². The highest BCUT2D eigenvalue weighted by atomic mass is 16.3. The maximum Gasteiger partial charge on any atom is 0.247 e. The summed E-state index contributed by atoms with van der Waals surface area (Å²) in [6.07, 6.45) is 0. The minimum absolute atomic E-state index is 0.527. The molecule has 3 heterocycles. The van der Waals surface area contributed by atoms with Crippen LogP contribution in [0.1, 0.15) is 0 Å². The van der Waals surface area contributed by atoms with Gasteiger partial charge in [-0.2, -0.15) is 0 Å². The van der Waals surface area contributed by atoms with E-state index in [9.17, 15) is 0 Å². The highest BCUT2D eigenvalue weighted by Gasteiger charge is 2.22. The van der Waals surface area contributed by atoms with Crippen LogP contribution >= 0.6 is 0 Å². The van der Waals surface area contributed by atoms with E-state index in [0.29, 0.717) is 5.71 Å². The minimum atomic E-state index is 0.527. The van der Waals surface area contributed by atoms with Crippen molar-refractivity contribution in [3.8, 4) is 28.2 Å². The van der Waals surface area contributed by atoms with Crippen LogP contribution in [0.5, 0.6) is 0 Å². The summed E-state index contributed by atoms with van der Waals surface area (Å²) < 4.78 is 8.69. The lowest BCUT2D eigenvalue weighted by Gasteiger charge is -2.13. The van der Waals surface area contributed by atoms with Gasteiger partial charge in [-0.05, 0) is 69.1 Å². The van der Waals surface area contributed by atoms with Gasteiger partial charge in [-0.1, -0.05) is 115 Å². The van der Waals surface area contributed by atoms with Gasteiger partial charge in [0.05, 0.1) is 11.0 Å². The smallest absolute Gasteiger partial charge is 0.247 e. The van der Waals surface area contributed by atoms with Crippen molar-refractivity contribution in [1.29, 1.82) is 0 Å². The normalized spacial score (nSPS) is 11.9. The van der Waals surface area contributed by atoms with Crippen LogP contribution in [0.15, 0.2) is 156 Å². The minimum Gasteiger partial charge on any atom is -0.436 e. The zero-order chi connectivity index (χ0) is 30.2. The summed E-state index contributed by atoms with van der Waals surface area (Å²) in [4.78, 5) is 10.7. The van der Waals surface area contributed by atoms with Gasteiger partial charge in [0.25, 0.3) is 0 Å². The van der Waals surface area contributed by atoms with E-state index in [0.717, 1.165) is 55.7 Å². The molecule has 214 valence electrons. The summed E-state index contributed by atoms with van der Waals surface area (Å²) in [6.45, 7) is 0. The first-order chi connectivity index (χ1) is 22.8. The van der Waals surface area contributed by atoms with Crippen molar-refractivity contribution < 1.29 is 4.42 Å². The van der Waals surface area contributed by atoms with Gasteiger partial charge in [-0.15, -0.1) is 0 Å². The highest BCUT2D eigenvalue weighted by Crippen LogP contribution is 2.40. The molecule has 0 aliphatic carbocycles. The Morgan fingerprint density at radius 3 is 1.59 bits per heavy atom. The van der Waals surface area contributed by atoms with E-state index in [4.69, 9.17) is 14.4 Å². The van der Waals surface area contributed by atoms with E-state index >= 15 is 0 Å².